The zero-order valence-electron chi connectivity index (χ0n) is 15.3. The molecule has 7 nitrogen and oxygen atoms in total. The monoisotopic (exact) mass is 400 g/mol. The summed E-state index contributed by atoms with van der Waals surface area (Å²) in [4.78, 5) is 22.1. The van der Waals surface area contributed by atoms with Gasteiger partial charge in [-0.3, -0.25) is 14.3 Å². The Hall–Kier alpha value is -2.52. The van der Waals surface area contributed by atoms with Crippen molar-refractivity contribution in [3.05, 3.63) is 47.8 Å². The lowest BCUT2D eigenvalue weighted by Crippen LogP contribution is -2.22. The number of nitrogens with one attached hydrogen (secondary N) is 1. The van der Waals surface area contributed by atoms with Crippen molar-refractivity contribution in [1.82, 2.24) is 24.7 Å². The SMILES string of the molecule is C=CCn1c(SC(C)C(=O)Nc2nc(C)c(C)s2)nnc1-c1cccnc1. The van der Waals surface area contributed by atoms with Gasteiger partial charge in [0.25, 0.3) is 0 Å². The van der Waals surface area contributed by atoms with E-state index in [0.717, 1.165) is 16.1 Å². The zero-order valence-corrected chi connectivity index (χ0v) is 17.0. The van der Waals surface area contributed by atoms with Crippen LogP contribution in [-0.4, -0.2) is 35.9 Å². The normalized spacial score (nSPS) is 12.0. The first kappa shape index (κ1) is 19.2. The van der Waals surface area contributed by atoms with Crippen molar-refractivity contribution < 1.29 is 4.79 Å². The van der Waals surface area contributed by atoms with Gasteiger partial charge in [-0.15, -0.1) is 28.1 Å². The number of nitrogens with zero attached hydrogens (tertiary/aromatic N) is 5. The third kappa shape index (κ3) is 4.42. The number of amides is 1. The summed E-state index contributed by atoms with van der Waals surface area (Å²) in [5.74, 6) is 0.578. The van der Waals surface area contributed by atoms with Gasteiger partial charge in [-0.1, -0.05) is 17.8 Å². The van der Waals surface area contributed by atoms with E-state index in [1.807, 2.05) is 37.5 Å². The molecule has 140 valence electrons. The van der Waals surface area contributed by atoms with E-state index in [1.165, 1.54) is 23.1 Å². The highest BCUT2D eigenvalue weighted by molar-refractivity contribution is 8.00. The molecule has 0 aliphatic carbocycles. The lowest BCUT2D eigenvalue weighted by atomic mass is 10.3. The van der Waals surface area contributed by atoms with Crippen molar-refractivity contribution in [1.29, 1.82) is 0 Å². The third-order valence-corrected chi connectivity index (χ3v) is 5.93. The molecule has 3 heterocycles. The predicted octanol–water partition coefficient (Wildman–Crippen LogP) is 3.72. The topological polar surface area (TPSA) is 85.6 Å². The second-order valence-electron chi connectivity index (χ2n) is 5.86. The number of carbonyl (C=O) groups is 1. The summed E-state index contributed by atoms with van der Waals surface area (Å²) in [6, 6.07) is 3.78. The average Bonchev–Trinajstić information content (AvgIpc) is 3.19. The fraction of sp³-hybridized carbons (Fsp3) is 0.278. The smallest absolute Gasteiger partial charge is 0.239 e. The standard InChI is InChI=1S/C18H20N6OS2/c1-5-9-24-15(14-7-6-8-19-10-14)22-23-18(24)27-13(4)16(25)21-17-20-11(2)12(3)26-17/h5-8,10,13H,1,9H2,2-4H3,(H,20,21,25). The molecule has 0 saturated carbocycles. The first-order chi connectivity index (χ1) is 13.0. The van der Waals surface area contributed by atoms with Gasteiger partial charge in [-0.05, 0) is 32.9 Å². The van der Waals surface area contributed by atoms with Crippen molar-refractivity contribution in [2.45, 2.75) is 37.7 Å². The van der Waals surface area contributed by atoms with E-state index in [1.54, 1.807) is 18.5 Å². The first-order valence-corrected chi connectivity index (χ1v) is 10.0. The number of allylic oxidation sites excluding steroid dienone is 1. The van der Waals surface area contributed by atoms with Crippen LogP contribution in [0, 0.1) is 13.8 Å². The number of anilines is 1. The molecule has 0 radical (unpaired) electrons. The number of aryl methyl sites for hydroxylation is 2. The quantitative estimate of drug-likeness (QED) is 0.481. The third-order valence-electron chi connectivity index (χ3n) is 3.86. The van der Waals surface area contributed by atoms with Crippen LogP contribution < -0.4 is 5.32 Å². The second kappa shape index (κ2) is 8.45. The summed E-state index contributed by atoms with van der Waals surface area (Å²) in [6.45, 7) is 10.1. The number of aromatic nitrogens is 5. The zero-order chi connectivity index (χ0) is 19.4. The fourth-order valence-corrected chi connectivity index (χ4v) is 4.00. The molecule has 9 heteroatoms. The summed E-state index contributed by atoms with van der Waals surface area (Å²) in [7, 11) is 0. The molecule has 0 spiro atoms. The van der Waals surface area contributed by atoms with Crippen LogP contribution >= 0.6 is 23.1 Å². The Labute approximate surface area is 166 Å². The number of pyridine rings is 1. The Morgan fingerprint density at radius 3 is 2.89 bits per heavy atom. The lowest BCUT2D eigenvalue weighted by Gasteiger charge is -2.11. The molecule has 1 unspecified atom stereocenters. The largest absolute Gasteiger partial charge is 0.301 e. The minimum atomic E-state index is -0.357. The van der Waals surface area contributed by atoms with E-state index in [0.29, 0.717) is 22.7 Å². The van der Waals surface area contributed by atoms with Crippen LogP contribution in [0.4, 0.5) is 5.13 Å². The summed E-state index contributed by atoms with van der Waals surface area (Å²) < 4.78 is 1.93. The van der Waals surface area contributed by atoms with Crippen LogP contribution in [0.1, 0.15) is 17.5 Å². The number of hydrogen-bond acceptors (Lipinski definition) is 7. The molecule has 0 aromatic carbocycles. The van der Waals surface area contributed by atoms with Crippen molar-refractivity contribution in [3.63, 3.8) is 0 Å². The number of thioether (sulfide) groups is 1. The van der Waals surface area contributed by atoms with Crippen molar-refractivity contribution in [2.75, 3.05) is 5.32 Å². The average molecular weight is 401 g/mol. The summed E-state index contributed by atoms with van der Waals surface area (Å²) in [5.41, 5.74) is 1.80. The number of rotatable bonds is 7. The van der Waals surface area contributed by atoms with E-state index >= 15 is 0 Å². The highest BCUT2D eigenvalue weighted by Gasteiger charge is 2.21. The Morgan fingerprint density at radius 1 is 1.44 bits per heavy atom. The molecule has 3 aromatic heterocycles. The predicted molar refractivity (Wildman–Crippen MR) is 109 cm³/mol. The van der Waals surface area contributed by atoms with Gasteiger partial charge >= 0.3 is 0 Å². The minimum Gasteiger partial charge on any atom is -0.301 e. The maximum Gasteiger partial charge on any atom is 0.239 e. The Balaban J connectivity index is 1.77. The molecular formula is C18H20N6OS2. The maximum absolute atomic E-state index is 12.5. The summed E-state index contributed by atoms with van der Waals surface area (Å²) >= 11 is 2.82. The molecule has 0 bridgehead atoms. The number of thiazole rings is 1. The van der Waals surface area contributed by atoms with Crippen LogP contribution in [0.15, 0.2) is 42.3 Å². The highest BCUT2D eigenvalue weighted by Crippen LogP contribution is 2.28. The van der Waals surface area contributed by atoms with Gasteiger partial charge in [0, 0.05) is 29.4 Å². The van der Waals surface area contributed by atoms with Crippen molar-refractivity contribution in [2.24, 2.45) is 0 Å². The Bertz CT molecular complexity index is 931. The number of carbonyl (C=O) groups excluding carboxylic acids is 1. The van der Waals surface area contributed by atoms with E-state index in [2.05, 4.69) is 32.1 Å². The van der Waals surface area contributed by atoms with E-state index in [-0.39, 0.29) is 11.2 Å². The Morgan fingerprint density at radius 2 is 2.26 bits per heavy atom. The number of hydrogen-bond donors (Lipinski definition) is 1. The molecule has 0 aliphatic heterocycles. The van der Waals surface area contributed by atoms with Gasteiger partial charge in [0.2, 0.25) is 5.91 Å². The highest BCUT2D eigenvalue weighted by atomic mass is 32.2. The lowest BCUT2D eigenvalue weighted by molar-refractivity contribution is -0.115. The van der Waals surface area contributed by atoms with Crippen LogP contribution in [0.2, 0.25) is 0 Å². The van der Waals surface area contributed by atoms with E-state index < -0.39 is 0 Å². The van der Waals surface area contributed by atoms with Gasteiger partial charge in [-0.2, -0.15) is 0 Å². The minimum absolute atomic E-state index is 0.121. The molecular weight excluding hydrogens is 380 g/mol. The van der Waals surface area contributed by atoms with Crippen LogP contribution in [-0.2, 0) is 11.3 Å². The Kier molecular flexibility index (Phi) is 6.02. The molecule has 0 saturated heterocycles. The van der Waals surface area contributed by atoms with Gasteiger partial charge in [0.15, 0.2) is 16.1 Å². The van der Waals surface area contributed by atoms with Crippen LogP contribution in [0.25, 0.3) is 11.4 Å². The van der Waals surface area contributed by atoms with Crippen LogP contribution in [0.5, 0.6) is 0 Å². The maximum atomic E-state index is 12.5. The summed E-state index contributed by atoms with van der Waals surface area (Å²) in [5, 5.41) is 12.3. The fourth-order valence-electron chi connectivity index (χ4n) is 2.32. The first-order valence-electron chi connectivity index (χ1n) is 8.35. The molecule has 3 rings (SSSR count). The van der Waals surface area contributed by atoms with E-state index in [9.17, 15) is 4.79 Å². The molecule has 0 fully saturated rings. The van der Waals surface area contributed by atoms with Crippen molar-refractivity contribution in [3.8, 4) is 11.4 Å². The van der Waals surface area contributed by atoms with Gasteiger partial charge in [0.05, 0.1) is 10.9 Å². The van der Waals surface area contributed by atoms with E-state index in [4.69, 9.17) is 0 Å². The van der Waals surface area contributed by atoms with Gasteiger partial charge < -0.3 is 5.32 Å². The molecule has 1 amide bonds. The van der Waals surface area contributed by atoms with Gasteiger partial charge in [-0.25, -0.2) is 4.98 Å². The summed E-state index contributed by atoms with van der Waals surface area (Å²) in [6.07, 6.45) is 5.22. The van der Waals surface area contributed by atoms with Crippen LogP contribution in [0.3, 0.4) is 0 Å². The second-order valence-corrected chi connectivity index (χ2v) is 8.37. The molecule has 1 N–H and O–H groups in total. The molecule has 27 heavy (non-hydrogen) atoms. The molecule has 0 aliphatic rings. The molecule has 3 aromatic rings. The van der Waals surface area contributed by atoms with Crippen molar-refractivity contribution >= 4 is 34.1 Å². The van der Waals surface area contributed by atoms with Gasteiger partial charge in [0.1, 0.15) is 0 Å². The molecule has 1 atom stereocenters.